The molecule has 3 aromatic rings. The molecule has 1 aliphatic rings. The van der Waals surface area contributed by atoms with E-state index in [0.717, 1.165) is 16.8 Å². The number of nitrogens with zero attached hydrogens (tertiary/aromatic N) is 3. The minimum absolute atomic E-state index is 0.0769. The molecule has 0 saturated carbocycles. The predicted molar refractivity (Wildman–Crippen MR) is 107 cm³/mol. The normalized spacial score (nSPS) is 16.4. The summed E-state index contributed by atoms with van der Waals surface area (Å²) in [5, 5.41) is 0.599. The second-order valence-electron chi connectivity index (χ2n) is 7.53. The molecule has 1 aliphatic heterocycles. The Labute approximate surface area is 158 Å². The molecule has 1 aromatic heterocycles. The first kappa shape index (κ1) is 17.5. The van der Waals surface area contributed by atoms with Gasteiger partial charge < -0.3 is 4.90 Å². The first-order chi connectivity index (χ1) is 12.9. The van der Waals surface area contributed by atoms with E-state index >= 15 is 0 Å². The molecule has 2 heterocycles. The Kier molecular flexibility index (Phi) is 4.10. The number of carbonyl (C=O) groups excluding carboxylic acids is 1. The highest BCUT2D eigenvalue weighted by Gasteiger charge is 2.39. The molecule has 0 N–H and O–H groups in total. The summed E-state index contributed by atoms with van der Waals surface area (Å²) in [4.78, 5) is 32.4. The Bertz CT molecular complexity index is 1110. The molecule has 1 atom stereocenters. The van der Waals surface area contributed by atoms with Gasteiger partial charge in [-0.25, -0.2) is 4.98 Å². The van der Waals surface area contributed by atoms with Gasteiger partial charge in [-0.15, -0.1) is 0 Å². The Morgan fingerprint density at radius 1 is 1.11 bits per heavy atom. The van der Waals surface area contributed by atoms with Gasteiger partial charge >= 0.3 is 0 Å². The summed E-state index contributed by atoms with van der Waals surface area (Å²) in [6, 6.07) is 13.6. The number of aromatic nitrogens is 2. The summed E-state index contributed by atoms with van der Waals surface area (Å²) >= 11 is 0. The standard InChI is InChI=1S/C22H23N3O2/c1-13(2)25-19-10-9-14(3)11-16(19)17(22(25)27)12-20-23-18-8-6-5-7-15(18)21(26)24(20)4/h5-11,13,17H,12H2,1-4H3. The lowest BCUT2D eigenvalue weighted by atomic mass is 9.95. The Morgan fingerprint density at radius 3 is 2.59 bits per heavy atom. The molecule has 1 amide bonds. The molecule has 5 heteroatoms. The van der Waals surface area contributed by atoms with Gasteiger partial charge in [0.1, 0.15) is 5.82 Å². The topological polar surface area (TPSA) is 55.2 Å². The van der Waals surface area contributed by atoms with Gasteiger partial charge in [-0.1, -0.05) is 29.8 Å². The Hall–Kier alpha value is -2.95. The number of hydrogen-bond donors (Lipinski definition) is 0. The Balaban J connectivity index is 1.83. The van der Waals surface area contributed by atoms with Gasteiger partial charge in [0.15, 0.2) is 0 Å². The highest BCUT2D eigenvalue weighted by Crippen LogP contribution is 2.40. The van der Waals surface area contributed by atoms with Gasteiger partial charge in [0.2, 0.25) is 5.91 Å². The van der Waals surface area contributed by atoms with Crippen molar-refractivity contribution in [3.63, 3.8) is 0 Å². The van der Waals surface area contributed by atoms with Crippen LogP contribution < -0.4 is 10.5 Å². The molecule has 138 valence electrons. The van der Waals surface area contributed by atoms with Crippen molar-refractivity contribution < 1.29 is 4.79 Å². The number of aryl methyl sites for hydroxylation is 1. The van der Waals surface area contributed by atoms with Crippen molar-refractivity contribution in [2.75, 3.05) is 4.90 Å². The number of anilines is 1. The zero-order valence-corrected chi connectivity index (χ0v) is 16.1. The third kappa shape index (κ3) is 2.74. The molecule has 0 saturated heterocycles. The van der Waals surface area contributed by atoms with E-state index < -0.39 is 0 Å². The average Bonchev–Trinajstić information content (AvgIpc) is 2.91. The van der Waals surface area contributed by atoms with E-state index in [2.05, 4.69) is 6.07 Å². The molecule has 4 rings (SSSR count). The number of benzene rings is 2. The third-order valence-corrected chi connectivity index (χ3v) is 5.33. The minimum Gasteiger partial charge on any atom is -0.309 e. The van der Waals surface area contributed by atoms with Crippen molar-refractivity contribution in [1.82, 2.24) is 9.55 Å². The van der Waals surface area contributed by atoms with Crippen molar-refractivity contribution in [3.05, 3.63) is 69.8 Å². The molecule has 27 heavy (non-hydrogen) atoms. The largest absolute Gasteiger partial charge is 0.309 e. The van der Waals surface area contributed by atoms with Crippen LogP contribution in [0.5, 0.6) is 0 Å². The lowest BCUT2D eigenvalue weighted by Crippen LogP contribution is -2.36. The van der Waals surface area contributed by atoms with Crippen LogP contribution in [-0.4, -0.2) is 21.5 Å². The maximum atomic E-state index is 13.2. The average molecular weight is 361 g/mol. The number of amides is 1. The molecular formula is C22H23N3O2. The number of fused-ring (bicyclic) bond motifs is 2. The van der Waals surface area contributed by atoms with Crippen LogP contribution in [0, 0.1) is 6.92 Å². The van der Waals surface area contributed by atoms with Crippen LogP contribution in [-0.2, 0) is 18.3 Å². The lowest BCUT2D eigenvalue weighted by molar-refractivity contribution is -0.119. The summed E-state index contributed by atoms with van der Waals surface area (Å²) in [7, 11) is 1.73. The van der Waals surface area contributed by atoms with Crippen LogP contribution in [0.4, 0.5) is 5.69 Å². The van der Waals surface area contributed by atoms with E-state index in [-0.39, 0.29) is 23.4 Å². The molecule has 2 aromatic carbocycles. The van der Waals surface area contributed by atoms with E-state index in [0.29, 0.717) is 23.1 Å². The smallest absolute Gasteiger partial charge is 0.261 e. The van der Waals surface area contributed by atoms with E-state index in [1.807, 2.05) is 56.0 Å². The second-order valence-corrected chi connectivity index (χ2v) is 7.53. The SMILES string of the molecule is Cc1ccc2c(c1)C(Cc1nc3ccccc3c(=O)n1C)C(=O)N2C(C)C. The number of rotatable bonds is 3. The lowest BCUT2D eigenvalue weighted by Gasteiger charge is -2.22. The second kappa shape index (κ2) is 6.34. The molecule has 0 spiro atoms. The summed E-state index contributed by atoms with van der Waals surface area (Å²) in [5.74, 6) is 0.393. The van der Waals surface area contributed by atoms with Crippen LogP contribution in [0.1, 0.15) is 36.7 Å². The quantitative estimate of drug-likeness (QED) is 0.719. The van der Waals surface area contributed by atoms with Crippen LogP contribution >= 0.6 is 0 Å². The van der Waals surface area contributed by atoms with Gasteiger partial charge in [0.25, 0.3) is 5.56 Å². The number of hydrogen-bond acceptors (Lipinski definition) is 3. The van der Waals surface area contributed by atoms with Crippen LogP contribution in [0.15, 0.2) is 47.3 Å². The minimum atomic E-state index is -0.318. The summed E-state index contributed by atoms with van der Waals surface area (Å²) in [6.07, 6.45) is 0.412. The van der Waals surface area contributed by atoms with Crippen molar-refractivity contribution in [1.29, 1.82) is 0 Å². The van der Waals surface area contributed by atoms with Gasteiger partial charge in [0.05, 0.1) is 16.8 Å². The van der Waals surface area contributed by atoms with E-state index in [1.165, 1.54) is 0 Å². The van der Waals surface area contributed by atoms with Gasteiger partial charge in [-0.05, 0) is 44.5 Å². The first-order valence-corrected chi connectivity index (χ1v) is 9.26. The van der Waals surface area contributed by atoms with Crippen molar-refractivity contribution in [2.45, 2.75) is 39.2 Å². The molecule has 0 bridgehead atoms. The summed E-state index contributed by atoms with van der Waals surface area (Å²) in [6.45, 7) is 6.08. The summed E-state index contributed by atoms with van der Waals surface area (Å²) in [5.41, 5.74) is 3.71. The fourth-order valence-electron chi connectivity index (χ4n) is 3.95. The van der Waals surface area contributed by atoms with Crippen molar-refractivity contribution in [2.24, 2.45) is 7.05 Å². The van der Waals surface area contributed by atoms with E-state index in [4.69, 9.17) is 4.98 Å². The van der Waals surface area contributed by atoms with Gasteiger partial charge in [0, 0.05) is 25.2 Å². The maximum absolute atomic E-state index is 13.2. The molecule has 5 nitrogen and oxygen atoms in total. The highest BCUT2D eigenvalue weighted by atomic mass is 16.2. The predicted octanol–water partition coefficient (Wildman–Crippen LogP) is 3.32. The number of para-hydroxylation sites is 1. The molecular weight excluding hydrogens is 338 g/mol. The molecule has 1 unspecified atom stereocenters. The zero-order valence-electron chi connectivity index (χ0n) is 16.1. The molecule has 0 fully saturated rings. The molecule has 0 radical (unpaired) electrons. The monoisotopic (exact) mass is 361 g/mol. The van der Waals surface area contributed by atoms with Crippen LogP contribution in [0.2, 0.25) is 0 Å². The fraction of sp³-hybridized carbons (Fsp3) is 0.318. The van der Waals surface area contributed by atoms with Crippen LogP contribution in [0.3, 0.4) is 0 Å². The zero-order chi connectivity index (χ0) is 19.3. The van der Waals surface area contributed by atoms with Gasteiger partial charge in [-0.3, -0.25) is 14.2 Å². The molecule has 0 aliphatic carbocycles. The Morgan fingerprint density at radius 2 is 1.85 bits per heavy atom. The maximum Gasteiger partial charge on any atom is 0.261 e. The summed E-state index contributed by atoms with van der Waals surface area (Å²) < 4.78 is 1.57. The van der Waals surface area contributed by atoms with E-state index in [9.17, 15) is 9.59 Å². The van der Waals surface area contributed by atoms with Crippen LogP contribution in [0.25, 0.3) is 10.9 Å². The van der Waals surface area contributed by atoms with Crippen molar-refractivity contribution >= 4 is 22.5 Å². The van der Waals surface area contributed by atoms with Gasteiger partial charge in [-0.2, -0.15) is 0 Å². The first-order valence-electron chi connectivity index (χ1n) is 9.26. The fourth-order valence-corrected chi connectivity index (χ4v) is 3.95. The van der Waals surface area contributed by atoms with Crippen molar-refractivity contribution in [3.8, 4) is 0 Å². The highest BCUT2D eigenvalue weighted by molar-refractivity contribution is 6.05. The number of carbonyl (C=O) groups is 1. The third-order valence-electron chi connectivity index (χ3n) is 5.33. The van der Waals surface area contributed by atoms with E-state index in [1.54, 1.807) is 17.7 Å².